The number of carbonyl (C=O) groups excluding carboxylic acids is 1. The zero-order valence-electron chi connectivity index (χ0n) is 8.44. The minimum Gasteiger partial charge on any atom is -0.443 e. The zero-order valence-corrected chi connectivity index (χ0v) is 10.0. The van der Waals surface area contributed by atoms with E-state index in [9.17, 15) is 4.79 Å². The minimum absolute atomic E-state index is 0.0428. The Hall–Kier alpha value is -1.03. The number of ether oxygens (including phenoxy) is 1. The topological polar surface area (TPSA) is 29.5 Å². The van der Waals surface area contributed by atoms with Gasteiger partial charge in [0, 0.05) is 11.0 Å². The first-order chi connectivity index (χ1) is 7.20. The lowest BCUT2D eigenvalue weighted by Crippen LogP contribution is -2.24. The van der Waals surface area contributed by atoms with Crippen LogP contribution in [-0.2, 0) is 4.74 Å². The maximum atomic E-state index is 11.5. The third-order valence-electron chi connectivity index (χ3n) is 2.39. The van der Waals surface area contributed by atoms with Crippen LogP contribution in [0.5, 0.6) is 0 Å². The highest BCUT2D eigenvalue weighted by atomic mass is 79.9. The van der Waals surface area contributed by atoms with Crippen LogP contribution < -0.4 is 4.90 Å². The Balaban J connectivity index is 2.18. The van der Waals surface area contributed by atoms with Crippen LogP contribution in [0.4, 0.5) is 10.5 Å². The van der Waals surface area contributed by atoms with Gasteiger partial charge in [0.1, 0.15) is 6.10 Å². The number of nitrogens with zero attached hydrogens (tertiary/aromatic N) is 1. The predicted molar refractivity (Wildman–Crippen MR) is 62.6 cm³/mol. The molecule has 1 aromatic carbocycles. The summed E-state index contributed by atoms with van der Waals surface area (Å²) in [7, 11) is 0. The number of anilines is 1. The summed E-state index contributed by atoms with van der Waals surface area (Å²) in [6.07, 6.45) is -0.304. The van der Waals surface area contributed by atoms with Crippen molar-refractivity contribution in [1.29, 1.82) is 0 Å². The third-order valence-corrected chi connectivity index (χ3v) is 3.11. The van der Waals surface area contributed by atoms with E-state index in [0.29, 0.717) is 11.9 Å². The molecule has 80 valence electrons. The van der Waals surface area contributed by atoms with Gasteiger partial charge < -0.3 is 4.74 Å². The van der Waals surface area contributed by atoms with Gasteiger partial charge in [0.15, 0.2) is 0 Å². The summed E-state index contributed by atoms with van der Waals surface area (Å²) in [5.41, 5.74) is 2.08. The molecule has 0 bridgehead atoms. The molecule has 1 fully saturated rings. The predicted octanol–water partition coefficient (Wildman–Crippen LogP) is 2.72. The third kappa shape index (κ3) is 2.15. The van der Waals surface area contributed by atoms with Crippen molar-refractivity contribution in [3.05, 3.63) is 29.8 Å². The van der Waals surface area contributed by atoms with Gasteiger partial charge in [0.25, 0.3) is 0 Å². The smallest absolute Gasteiger partial charge is 0.414 e. The molecule has 2 rings (SSSR count). The van der Waals surface area contributed by atoms with Gasteiger partial charge in [-0.3, -0.25) is 4.90 Å². The molecule has 1 saturated heterocycles. The first-order valence-electron chi connectivity index (χ1n) is 4.81. The highest BCUT2D eigenvalue weighted by Gasteiger charge is 2.31. The van der Waals surface area contributed by atoms with E-state index < -0.39 is 0 Å². The van der Waals surface area contributed by atoms with Crippen LogP contribution in [0.25, 0.3) is 0 Å². The van der Waals surface area contributed by atoms with Crippen molar-refractivity contribution in [3.8, 4) is 0 Å². The summed E-state index contributed by atoms with van der Waals surface area (Å²) < 4.78 is 5.15. The molecule has 0 aromatic heterocycles. The van der Waals surface area contributed by atoms with Crippen LogP contribution >= 0.6 is 15.9 Å². The van der Waals surface area contributed by atoms with Crippen LogP contribution in [0.15, 0.2) is 24.3 Å². The average molecular weight is 270 g/mol. The minimum atomic E-state index is -0.261. The van der Waals surface area contributed by atoms with Crippen molar-refractivity contribution in [3.63, 3.8) is 0 Å². The summed E-state index contributed by atoms with van der Waals surface area (Å²) in [5, 5.41) is 0.682. The van der Waals surface area contributed by atoms with Gasteiger partial charge in [0.2, 0.25) is 0 Å². The van der Waals surface area contributed by atoms with Crippen LogP contribution in [0, 0.1) is 6.92 Å². The Morgan fingerprint density at radius 2 is 2.13 bits per heavy atom. The molecule has 0 N–H and O–H groups in total. The largest absolute Gasteiger partial charge is 0.443 e. The molecule has 0 radical (unpaired) electrons. The van der Waals surface area contributed by atoms with Gasteiger partial charge in [0.05, 0.1) is 6.54 Å². The molecule has 0 aliphatic carbocycles. The zero-order chi connectivity index (χ0) is 10.8. The van der Waals surface area contributed by atoms with E-state index >= 15 is 0 Å². The first-order valence-corrected chi connectivity index (χ1v) is 5.93. The molecule has 4 heteroatoms. The normalized spacial score (nSPS) is 20.5. The number of aryl methyl sites for hydroxylation is 1. The Bertz CT molecular complexity index is 363. The Labute approximate surface area is 97.2 Å². The lowest BCUT2D eigenvalue weighted by atomic mass is 10.2. The second-order valence-electron chi connectivity index (χ2n) is 3.61. The van der Waals surface area contributed by atoms with E-state index in [1.165, 1.54) is 5.56 Å². The quantitative estimate of drug-likeness (QED) is 0.773. The maximum absolute atomic E-state index is 11.5. The molecule has 0 saturated carbocycles. The molecule has 1 aromatic rings. The van der Waals surface area contributed by atoms with Crippen molar-refractivity contribution in [2.75, 3.05) is 16.8 Å². The second-order valence-corrected chi connectivity index (χ2v) is 4.25. The number of hydrogen-bond donors (Lipinski definition) is 0. The summed E-state index contributed by atoms with van der Waals surface area (Å²) in [6, 6.07) is 7.86. The number of hydrogen-bond acceptors (Lipinski definition) is 2. The summed E-state index contributed by atoms with van der Waals surface area (Å²) in [6.45, 7) is 2.64. The SMILES string of the molecule is Cc1ccc(N2CC(CBr)OC2=O)cc1. The molecular formula is C11H12BrNO2. The second kappa shape index (κ2) is 4.23. The first kappa shape index (κ1) is 10.5. The highest BCUT2D eigenvalue weighted by molar-refractivity contribution is 9.09. The van der Waals surface area contributed by atoms with Gasteiger partial charge in [-0.1, -0.05) is 33.6 Å². The van der Waals surface area contributed by atoms with Crippen molar-refractivity contribution in [2.45, 2.75) is 13.0 Å². The molecule has 1 aliphatic rings. The van der Waals surface area contributed by atoms with Crippen LogP contribution in [0.1, 0.15) is 5.56 Å². The molecule has 1 heterocycles. The van der Waals surface area contributed by atoms with Crippen LogP contribution in [-0.4, -0.2) is 24.1 Å². The number of alkyl halides is 1. The molecule has 3 nitrogen and oxygen atoms in total. The van der Waals surface area contributed by atoms with Crippen LogP contribution in [0.3, 0.4) is 0 Å². The van der Waals surface area contributed by atoms with Gasteiger partial charge in [-0.15, -0.1) is 0 Å². The fourth-order valence-electron chi connectivity index (χ4n) is 1.54. The fraction of sp³-hybridized carbons (Fsp3) is 0.364. The molecule has 1 unspecified atom stereocenters. The Morgan fingerprint density at radius 1 is 1.47 bits per heavy atom. The maximum Gasteiger partial charge on any atom is 0.414 e. The molecular weight excluding hydrogens is 258 g/mol. The summed E-state index contributed by atoms with van der Waals surface area (Å²) >= 11 is 3.31. The number of benzene rings is 1. The van der Waals surface area contributed by atoms with E-state index in [1.807, 2.05) is 31.2 Å². The molecule has 1 amide bonds. The van der Waals surface area contributed by atoms with Crippen molar-refractivity contribution >= 4 is 27.7 Å². The van der Waals surface area contributed by atoms with Crippen molar-refractivity contribution in [1.82, 2.24) is 0 Å². The van der Waals surface area contributed by atoms with Gasteiger partial charge >= 0.3 is 6.09 Å². The summed E-state index contributed by atoms with van der Waals surface area (Å²) in [4.78, 5) is 13.2. The monoisotopic (exact) mass is 269 g/mol. The van der Waals surface area contributed by atoms with Crippen molar-refractivity contribution in [2.24, 2.45) is 0 Å². The Morgan fingerprint density at radius 3 is 2.67 bits per heavy atom. The molecule has 1 atom stereocenters. The lowest BCUT2D eigenvalue weighted by Gasteiger charge is -2.12. The van der Waals surface area contributed by atoms with Crippen molar-refractivity contribution < 1.29 is 9.53 Å². The highest BCUT2D eigenvalue weighted by Crippen LogP contribution is 2.22. The van der Waals surface area contributed by atoms with Crippen LogP contribution in [0.2, 0.25) is 0 Å². The number of cyclic esters (lactones) is 1. The molecule has 15 heavy (non-hydrogen) atoms. The molecule has 1 aliphatic heterocycles. The van der Waals surface area contributed by atoms with E-state index in [4.69, 9.17) is 4.74 Å². The number of halogens is 1. The fourth-order valence-corrected chi connectivity index (χ4v) is 1.87. The van der Waals surface area contributed by atoms with E-state index in [2.05, 4.69) is 15.9 Å². The molecule has 0 spiro atoms. The number of carbonyl (C=O) groups is 1. The number of amides is 1. The Kier molecular flexibility index (Phi) is 2.95. The van der Waals surface area contributed by atoms with Gasteiger partial charge in [-0.25, -0.2) is 4.79 Å². The van der Waals surface area contributed by atoms with E-state index in [1.54, 1.807) is 4.90 Å². The number of rotatable bonds is 2. The van der Waals surface area contributed by atoms with Gasteiger partial charge in [-0.2, -0.15) is 0 Å². The van der Waals surface area contributed by atoms with E-state index in [-0.39, 0.29) is 12.2 Å². The van der Waals surface area contributed by atoms with Gasteiger partial charge in [-0.05, 0) is 19.1 Å². The van der Waals surface area contributed by atoms with E-state index in [0.717, 1.165) is 5.69 Å². The standard InChI is InChI=1S/C11H12BrNO2/c1-8-2-4-9(5-3-8)13-7-10(6-12)15-11(13)14/h2-5,10H,6-7H2,1H3. The average Bonchev–Trinajstić information content (AvgIpc) is 2.61. The lowest BCUT2D eigenvalue weighted by molar-refractivity contribution is 0.152. The summed E-state index contributed by atoms with van der Waals surface area (Å²) in [5.74, 6) is 0.